The fraction of sp³-hybridized carbons (Fsp3) is 0.692. The second kappa shape index (κ2) is 12.4. The highest BCUT2D eigenvalue weighted by Gasteiger charge is 2.57. The first kappa shape index (κ1) is 32.8. The average molecular weight is 672 g/mol. The molecule has 264 valence electrons. The van der Waals surface area contributed by atoms with Crippen LogP contribution in [0.1, 0.15) is 81.5 Å². The zero-order valence-corrected chi connectivity index (χ0v) is 29.5. The Balaban J connectivity index is 1.05. The van der Waals surface area contributed by atoms with Crippen molar-refractivity contribution >= 4 is 34.5 Å². The number of carbonyl (C=O) groups excluding carboxylic acids is 4. The zero-order chi connectivity index (χ0) is 34.1. The minimum absolute atomic E-state index is 0.0225. The van der Waals surface area contributed by atoms with Crippen LogP contribution in [0, 0.1) is 35.0 Å². The van der Waals surface area contributed by atoms with E-state index in [1.165, 1.54) is 38.5 Å². The Labute approximate surface area is 289 Å². The Bertz CT molecular complexity index is 1620. The molecule has 4 heterocycles. The van der Waals surface area contributed by atoms with Crippen molar-refractivity contribution in [3.8, 4) is 0 Å². The molecule has 0 unspecified atom stereocenters. The molecule has 9 rings (SSSR count). The Hall–Kier alpha value is -3.40. The van der Waals surface area contributed by atoms with Crippen LogP contribution in [0.15, 0.2) is 18.2 Å². The molecule has 3 atom stereocenters. The number of benzene rings is 1. The molecular formula is C39H53N5O5. The van der Waals surface area contributed by atoms with Gasteiger partial charge in [0, 0.05) is 75.6 Å². The molecule has 0 spiro atoms. The van der Waals surface area contributed by atoms with E-state index in [1.54, 1.807) is 19.0 Å². The Morgan fingerprint density at radius 3 is 2.37 bits per heavy atom. The molecule has 10 heteroatoms. The molecule has 1 aromatic heterocycles. The minimum Gasteiger partial charge on any atom is -0.378 e. The summed E-state index contributed by atoms with van der Waals surface area (Å²) >= 11 is 0. The van der Waals surface area contributed by atoms with Gasteiger partial charge in [-0.3, -0.25) is 19.2 Å². The largest absolute Gasteiger partial charge is 0.378 e. The Morgan fingerprint density at radius 1 is 1.00 bits per heavy atom. The highest BCUT2D eigenvalue weighted by Crippen LogP contribution is 2.59. The summed E-state index contributed by atoms with van der Waals surface area (Å²) in [5.41, 5.74) is 3.49. The van der Waals surface area contributed by atoms with Crippen molar-refractivity contribution in [3.63, 3.8) is 0 Å². The van der Waals surface area contributed by atoms with E-state index in [-0.39, 0.29) is 35.5 Å². The van der Waals surface area contributed by atoms with E-state index in [9.17, 15) is 19.2 Å². The summed E-state index contributed by atoms with van der Waals surface area (Å²) in [4.78, 5) is 63.9. The maximum Gasteiger partial charge on any atom is 0.228 e. The van der Waals surface area contributed by atoms with E-state index in [1.807, 2.05) is 9.80 Å². The average Bonchev–Trinajstić information content (AvgIpc) is 3.46. The van der Waals surface area contributed by atoms with E-state index in [0.29, 0.717) is 58.5 Å². The second-order valence-electron chi connectivity index (χ2n) is 16.9. The van der Waals surface area contributed by atoms with E-state index in [0.717, 1.165) is 52.0 Å². The molecule has 2 N–H and O–H groups in total. The lowest BCUT2D eigenvalue weighted by atomic mass is 9.49. The number of ether oxygens (including phenoxy) is 1. The fourth-order valence-electron chi connectivity index (χ4n) is 11.4. The van der Waals surface area contributed by atoms with Crippen molar-refractivity contribution in [2.75, 3.05) is 53.5 Å². The predicted octanol–water partition coefficient (Wildman–Crippen LogP) is 4.01. The van der Waals surface area contributed by atoms with Crippen molar-refractivity contribution in [2.24, 2.45) is 35.0 Å². The topological polar surface area (TPSA) is 115 Å². The molecule has 10 nitrogen and oxygen atoms in total. The third-order valence-corrected chi connectivity index (χ3v) is 13.4. The first-order valence-electron chi connectivity index (χ1n) is 18.8. The van der Waals surface area contributed by atoms with Crippen molar-refractivity contribution in [2.45, 2.75) is 83.1 Å². The predicted molar refractivity (Wildman–Crippen MR) is 185 cm³/mol. The van der Waals surface area contributed by atoms with Crippen molar-refractivity contribution < 1.29 is 23.9 Å². The lowest BCUT2D eigenvalue weighted by molar-refractivity contribution is -0.166. The highest BCUT2D eigenvalue weighted by atomic mass is 16.5. The molecule has 2 saturated heterocycles. The quantitative estimate of drug-likeness (QED) is 0.441. The van der Waals surface area contributed by atoms with Gasteiger partial charge in [-0.1, -0.05) is 12.1 Å². The number of hydrogen-bond donors (Lipinski definition) is 2. The Kier molecular flexibility index (Phi) is 8.31. The maximum atomic E-state index is 14.5. The summed E-state index contributed by atoms with van der Waals surface area (Å²) in [7, 11) is 3.55. The third-order valence-electron chi connectivity index (χ3n) is 13.4. The van der Waals surface area contributed by atoms with Crippen LogP contribution in [0.3, 0.4) is 0 Å². The number of hydrogen-bond acceptors (Lipinski definition) is 5. The smallest absolute Gasteiger partial charge is 0.228 e. The van der Waals surface area contributed by atoms with Crippen LogP contribution in [-0.2, 0) is 42.3 Å². The maximum absolute atomic E-state index is 14.5. The lowest BCUT2D eigenvalue weighted by Gasteiger charge is -2.57. The number of aryl methyl sites for hydroxylation is 1. The van der Waals surface area contributed by atoms with Crippen LogP contribution < -0.4 is 5.32 Å². The van der Waals surface area contributed by atoms with Gasteiger partial charge < -0.3 is 29.7 Å². The molecule has 4 saturated carbocycles. The number of aromatic amines is 1. The number of rotatable bonds is 8. The first-order valence-corrected chi connectivity index (χ1v) is 18.8. The zero-order valence-electron chi connectivity index (χ0n) is 29.5. The Morgan fingerprint density at radius 2 is 1.69 bits per heavy atom. The molecule has 4 aliphatic carbocycles. The molecule has 6 fully saturated rings. The van der Waals surface area contributed by atoms with Crippen LogP contribution >= 0.6 is 0 Å². The van der Waals surface area contributed by atoms with E-state index in [4.69, 9.17) is 4.74 Å². The van der Waals surface area contributed by atoms with Crippen LogP contribution in [0.2, 0.25) is 0 Å². The van der Waals surface area contributed by atoms with Crippen molar-refractivity contribution in [1.29, 1.82) is 0 Å². The molecule has 1 aromatic carbocycles. The highest BCUT2D eigenvalue weighted by molar-refractivity contribution is 5.93. The molecule has 49 heavy (non-hydrogen) atoms. The van der Waals surface area contributed by atoms with Gasteiger partial charge in [-0.25, -0.2) is 0 Å². The van der Waals surface area contributed by atoms with Crippen LogP contribution in [0.25, 0.3) is 10.9 Å². The van der Waals surface area contributed by atoms with Gasteiger partial charge in [-0.05, 0) is 105 Å². The fourth-order valence-corrected chi connectivity index (χ4v) is 11.4. The molecular weight excluding hydrogens is 618 g/mol. The van der Waals surface area contributed by atoms with Gasteiger partial charge in [0.2, 0.25) is 23.6 Å². The third kappa shape index (κ3) is 5.75. The normalized spacial score (nSPS) is 33.4. The first-order chi connectivity index (χ1) is 23.5. The number of amides is 4. The van der Waals surface area contributed by atoms with Gasteiger partial charge in [-0.2, -0.15) is 0 Å². The molecule has 3 aliphatic heterocycles. The van der Waals surface area contributed by atoms with Crippen molar-refractivity contribution in [3.05, 3.63) is 35.0 Å². The van der Waals surface area contributed by atoms with Crippen LogP contribution in [-0.4, -0.2) is 96.8 Å². The van der Waals surface area contributed by atoms with Crippen LogP contribution in [0.5, 0.6) is 0 Å². The monoisotopic (exact) mass is 671 g/mol. The molecule has 4 amide bonds. The molecule has 4 bridgehead atoms. The molecule has 2 aromatic rings. The standard InChI is InChI=1S/C39H53N5O5/c1-38-31(37(48)43-10-12-49-13-11-43)18-28(19-33(45)40-23-39-20-25-14-26(21-39)16-27(15-25)22-39)36(47)44(38)9-8-30-29-6-4-24(5-7-34(46)42(2)3)17-32(29)41-35(30)38/h4,6,17,25-28,31,41H,5,7-16,18-23H2,1-3H3,(H,40,45)/t25?,26?,27?,28-,31-,38+,39?/m1/s1. The number of H-pyrrole nitrogens is 1. The van der Waals surface area contributed by atoms with E-state index >= 15 is 0 Å². The number of morpholine rings is 1. The SMILES string of the molecule is CN(C)C(=O)CCc1ccc2c3c([nH]c2c1)[C@]1(C)[C@@H](C(=O)N2CCOCC2)C[C@H](CC(=O)NCC24CC5CC(CC(C5)C2)C4)C(=O)N1CC3. The van der Waals surface area contributed by atoms with Gasteiger partial charge >= 0.3 is 0 Å². The van der Waals surface area contributed by atoms with Crippen molar-refractivity contribution in [1.82, 2.24) is 25.0 Å². The van der Waals surface area contributed by atoms with Gasteiger partial charge in [-0.15, -0.1) is 0 Å². The summed E-state index contributed by atoms with van der Waals surface area (Å²) in [6, 6.07) is 6.33. The summed E-state index contributed by atoms with van der Waals surface area (Å²) in [6.45, 7) is 5.36. The summed E-state index contributed by atoms with van der Waals surface area (Å²) in [5.74, 6) is 1.48. The number of carbonyl (C=O) groups is 4. The lowest BCUT2D eigenvalue weighted by Crippen LogP contribution is -2.65. The summed E-state index contributed by atoms with van der Waals surface area (Å²) in [5, 5.41) is 4.41. The van der Waals surface area contributed by atoms with Crippen LogP contribution in [0.4, 0.5) is 0 Å². The van der Waals surface area contributed by atoms with E-state index < -0.39 is 17.4 Å². The number of nitrogens with one attached hydrogen (secondary N) is 2. The second-order valence-corrected chi connectivity index (χ2v) is 16.9. The number of fused-ring (bicyclic) bond motifs is 5. The van der Waals surface area contributed by atoms with Gasteiger partial charge in [0.25, 0.3) is 0 Å². The number of aromatic nitrogens is 1. The summed E-state index contributed by atoms with van der Waals surface area (Å²) < 4.78 is 5.59. The van der Waals surface area contributed by atoms with Gasteiger partial charge in [0.15, 0.2) is 0 Å². The molecule has 0 radical (unpaired) electrons. The number of piperidine rings is 1. The van der Waals surface area contributed by atoms with E-state index in [2.05, 4.69) is 35.4 Å². The summed E-state index contributed by atoms with van der Waals surface area (Å²) in [6.07, 6.45) is 10.0. The van der Waals surface area contributed by atoms with Gasteiger partial charge in [0.1, 0.15) is 0 Å². The minimum atomic E-state index is -0.869. The molecule has 7 aliphatic rings. The van der Waals surface area contributed by atoms with Gasteiger partial charge in [0.05, 0.1) is 24.7 Å². The number of nitrogens with zero attached hydrogens (tertiary/aromatic N) is 3.